The summed E-state index contributed by atoms with van der Waals surface area (Å²) in [7, 11) is 0. The van der Waals surface area contributed by atoms with Gasteiger partial charge < -0.3 is 4.74 Å². The average molecular weight is 208 g/mol. The third-order valence-corrected chi connectivity index (χ3v) is 3.53. The van der Waals surface area contributed by atoms with Gasteiger partial charge in [0.15, 0.2) is 5.78 Å². The Hall–Kier alpha value is -0.630. The number of ether oxygens (including phenoxy) is 1. The molecule has 2 heteroatoms. The van der Waals surface area contributed by atoms with Gasteiger partial charge in [-0.3, -0.25) is 4.79 Å². The van der Waals surface area contributed by atoms with Crippen LogP contribution in [0.1, 0.15) is 51.9 Å². The van der Waals surface area contributed by atoms with Gasteiger partial charge in [0.2, 0.25) is 0 Å². The van der Waals surface area contributed by atoms with E-state index in [1.165, 1.54) is 6.42 Å². The van der Waals surface area contributed by atoms with E-state index in [4.69, 9.17) is 4.74 Å². The fourth-order valence-corrected chi connectivity index (χ4v) is 2.50. The number of ketones is 1. The van der Waals surface area contributed by atoms with Crippen molar-refractivity contribution >= 4 is 5.78 Å². The molecule has 0 aromatic heterocycles. The Labute approximate surface area is 91.7 Å². The number of carbonyl (C=O) groups is 1. The van der Waals surface area contributed by atoms with Gasteiger partial charge in [-0.15, -0.1) is 0 Å². The number of allylic oxidation sites excluding steroid dienone is 1. The maximum atomic E-state index is 12.3. The lowest BCUT2D eigenvalue weighted by Gasteiger charge is -2.33. The first-order valence-electron chi connectivity index (χ1n) is 6.10. The zero-order valence-electron chi connectivity index (χ0n) is 9.55. The highest BCUT2D eigenvalue weighted by atomic mass is 16.5. The van der Waals surface area contributed by atoms with Gasteiger partial charge in [0, 0.05) is 6.61 Å². The van der Waals surface area contributed by atoms with Crippen LogP contribution in [0.25, 0.3) is 0 Å². The Morgan fingerprint density at radius 1 is 1.33 bits per heavy atom. The summed E-state index contributed by atoms with van der Waals surface area (Å²) < 4.78 is 5.69. The van der Waals surface area contributed by atoms with E-state index in [2.05, 4.69) is 6.08 Å². The predicted octanol–water partition coefficient (Wildman–Crippen LogP) is 3.02. The number of hydrogen-bond donors (Lipinski definition) is 0. The monoisotopic (exact) mass is 208 g/mol. The maximum absolute atomic E-state index is 12.3. The summed E-state index contributed by atoms with van der Waals surface area (Å²) in [5.74, 6) is 0.252. The molecule has 1 aliphatic carbocycles. The fraction of sp³-hybridized carbons (Fsp3) is 0.769. The van der Waals surface area contributed by atoms with E-state index < -0.39 is 5.60 Å². The zero-order valence-corrected chi connectivity index (χ0v) is 9.55. The van der Waals surface area contributed by atoms with E-state index in [9.17, 15) is 4.79 Å². The second kappa shape index (κ2) is 4.48. The molecule has 1 saturated heterocycles. The smallest absolute Gasteiger partial charge is 0.189 e. The topological polar surface area (TPSA) is 26.3 Å². The van der Waals surface area contributed by atoms with Crippen molar-refractivity contribution in [3.05, 3.63) is 11.6 Å². The first-order chi connectivity index (χ1) is 7.22. The minimum Gasteiger partial charge on any atom is -0.367 e. The van der Waals surface area contributed by atoms with Crippen LogP contribution in [0.2, 0.25) is 0 Å². The second-order valence-electron chi connectivity index (χ2n) is 4.84. The van der Waals surface area contributed by atoms with Gasteiger partial charge in [0.05, 0.1) is 0 Å². The standard InChI is InChI=1S/C13H20O2/c1-13(9-5-6-10-15-13)12(14)11-7-3-2-4-8-11/h7H,2-6,8-10H2,1H3. The minimum absolute atomic E-state index is 0.252. The molecule has 1 fully saturated rings. The lowest BCUT2D eigenvalue weighted by atomic mass is 9.84. The molecule has 0 amide bonds. The second-order valence-corrected chi connectivity index (χ2v) is 4.84. The molecule has 1 heterocycles. The van der Waals surface area contributed by atoms with Crippen molar-refractivity contribution in [2.45, 2.75) is 57.5 Å². The van der Waals surface area contributed by atoms with Crippen LogP contribution in [0.5, 0.6) is 0 Å². The zero-order chi connectivity index (χ0) is 10.7. The number of carbonyl (C=O) groups excluding carboxylic acids is 1. The molecule has 1 unspecified atom stereocenters. The van der Waals surface area contributed by atoms with E-state index in [-0.39, 0.29) is 5.78 Å². The molecule has 0 bridgehead atoms. The summed E-state index contributed by atoms with van der Waals surface area (Å²) >= 11 is 0. The Bertz CT molecular complexity index is 272. The summed E-state index contributed by atoms with van der Waals surface area (Å²) in [5, 5.41) is 0. The van der Waals surface area contributed by atoms with Crippen molar-refractivity contribution in [1.82, 2.24) is 0 Å². The van der Waals surface area contributed by atoms with Gasteiger partial charge in [-0.05, 0) is 57.4 Å². The third kappa shape index (κ3) is 2.31. The average Bonchev–Trinajstić information content (AvgIpc) is 2.30. The summed E-state index contributed by atoms with van der Waals surface area (Å²) in [5.41, 5.74) is 0.507. The van der Waals surface area contributed by atoms with Crippen molar-refractivity contribution in [2.24, 2.45) is 0 Å². The number of Topliss-reactive ketones (excluding diaryl/α,β-unsaturated/α-hetero) is 1. The van der Waals surface area contributed by atoms with Crippen molar-refractivity contribution in [2.75, 3.05) is 6.61 Å². The molecule has 0 radical (unpaired) electrons. The lowest BCUT2D eigenvalue weighted by molar-refractivity contribution is -0.144. The molecule has 0 saturated carbocycles. The molecule has 0 spiro atoms. The molecule has 84 valence electrons. The van der Waals surface area contributed by atoms with Crippen LogP contribution < -0.4 is 0 Å². The Kier molecular flexibility index (Phi) is 3.25. The van der Waals surface area contributed by atoms with Crippen LogP contribution >= 0.6 is 0 Å². The molecular formula is C13H20O2. The first kappa shape index (κ1) is 10.9. The highest BCUT2D eigenvalue weighted by Crippen LogP contribution is 2.31. The summed E-state index contributed by atoms with van der Waals surface area (Å²) in [6.07, 6.45) is 9.65. The highest BCUT2D eigenvalue weighted by Gasteiger charge is 2.37. The first-order valence-corrected chi connectivity index (χ1v) is 6.10. The van der Waals surface area contributed by atoms with Crippen molar-refractivity contribution in [3.8, 4) is 0 Å². The minimum atomic E-state index is -0.512. The van der Waals surface area contributed by atoms with Crippen molar-refractivity contribution in [3.63, 3.8) is 0 Å². The lowest BCUT2D eigenvalue weighted by Crippen LogP contribution is -2.42. The summed E-state index contributed by atoms with van der Waals surface area (Å²) in [6, 6.07) is 0. The Morgan fingerprint density at radius 2 is 2.20 bits per heavy atom. The molecule has 0 aromatic rings. The fourth-order valence-electron chi connectivity index (χ4n) is 2.50. The predicted molar refractivity (Wildman–Crippen MR) is 59.8 cm³/mol. The molecule has 2 nitrogen and oxygen atoms in total. The molecule has 15 heavy (non-hydrogen) atoms. The largest absolute Gasteiger partial charge is 0.367 e. The van der Waals surface area contributed by atoms with Gasteiger partial charge in [-0.2, -0.15) is 0 Å². The quantitative estimate of drug-likeness (QED) is 0.697. The van der Waals surface area contributed by atoms with E-state index >= 15 is 0 Å². The molecule has 1 atom stereocenters. The van der Waals surface area contributed by atoms with Crippen LogP contribution in [-0.2, 0) is 9.53 Å². The van der Waals surface area contributed by atoms with E-state index in [1.807, 2.05) is 6.92 Å². The van der Waals surface area contributed by atoms with E-state index in [0.29, 0.717) is 0 Å². The normalized spacial score (nSPS) is 32.2. The maximum Gasteiger partial charge on any atom is 0.189 e. The molecule has 1 aliphatic heterocycles. The number of rotatable bonds is 2. The van der Waals surface area contributed by atoms with E-state index in [1.54, 1.807) is 0 Å². The van der Waals surface area contributed by atoms with Crippen LogP contribution in [0.3, 0.4) is 0 Å². The summed E-state index contributed by atoms with van der Waals surface area (Å²) in [6.45, 7) is 2.71. The molecule has 0 N–H and O–H groups in total. The Balaban J connectivity index is 2.08. The van der Waals surface area contributed by atoms with Crippen LogP contribution in [-0.4, -0.2) is 18.0 Å². The molecule has 2 rings (SSSR count). The van der Waals surface area contributed by atoms with Crippen LogP contribution in [0.4, 0.5) is 0 Å². The van der Waals surface area contributed by atoms with Crippen molar-refractivity contribution in [1.29, 1.82) is 0 Å². The van der Waals surface area contributed by atoms with Gasteiger partial charge in [0.25, 0.3) is 0 Å². The van der Waals surface area contributed by atoms with Gasteiger partial charge >= 0.3 is 0 Å². The van der Waals surface area contributed by atoms with Gasteiger partial charge in [-0.1, -0.05) is 6.08 Å². The van der Waals surface area contributed by atoms with Crippen LogP contribution in [0.15, 0.2) is 11.6 Å². The van der Waals surface area contributed by atoms with E-state index in [0.717, 1.165) is 50.7 Å². The SMILES string of the molecule is CC1(C(=O)C2=CCCCC2)CCCCO1. The van der Waals surface area contributed by atoms with Gasteiger partial charge in [-0.25, -0.2) is 0 Å². The Morgan fingerprint density at radius 3 is 2.80 bits per heavy atom. The third-order valence-electron chi connectivity index (χ3n) is 3.53. The van der Waals surface area contributed by atoms with Crippen LogP contribution in [0, 0.1) is 0 Å². The van der Waals surface area contributed by atoms with Crippen molar-refractivity contribution < 1.29 is 9.53 Å². The molecule has 0 aromatic carbocycles. The highest BCUT2D eigenvalue weighted by molar-refractivity contribution is 6.01. The number of hydrogen-bond acceptors (Lipinski definition) is 2. The molecule has 2 aliphatic rings. The molecular weight excluding hydrogens is 188 g/mol. The van der Waals surface area contributed by atoms with Gasteiger partial charge in [0.1, 0.15) is 5.60 Å². The summed E-state index contributed by atoms with van der Waals surface area (Å²) in [4.78, 5) is 12.3.